The normalized spacial score (nSPS) is 13.0. The highest BCUT2D eigenvalue weighted by Crippen LogP contribution is 2.24. The molecule has 2 atom stereocenters. The lowest BCUT2D eigenvalue weighted by Crippen LogP contribution is -2.54. The molecule has 0 aliphatic carbocycles. The summed E-state index contributed by atoms with van der Waals surface area (Å²) in [5.41, 5.74) is 2.03. The van der Waals surface area contributed by atoms with Crippen molar-refractivity contribution < 1.29 is 19.1 Å². The van der Waals surface area contributed by atoms with Gasteiger partial charge in [-0.15, -0.1) is 0 Å². The number of hydrogen-bond donors (Lipinski definition) is 2. The molecule has 0 radical (unpaired) electrons. The van der Waals surface area contributed by atoms with E-state index in [9.17, 15) is 14.4 Å². The molecular formula is C28H39N3O4. The van der Waals surface area contributed by atoms with Crippen LogP contribution in [0.1, 0.15) is 64.3 Å². The Labute approximate surface area is 209 Å². The van der Waals surface area contributed by atoms with Crippen molar-refractivity contribution in [2.45, 2.75) is 72.7 Å². The molecule has 0 fully saturated rings. The molecular weight excluding hydrogens is 442 g/mol. The van der Waals surface area contributed by atoms with Crippen molar-refractivity contribution in [3.63, 3.8) is 0 Å². The number of amides is 3. The van der Waals surface area contributed by atoms with Crippen LogP contribution in [0.3, 0.4) is 0 Å². The third-order valence-corrected chi connectivity index (χ3v) is 5.49. The number of hydrogen-bond acceptors (Lipinski definition) is 4. The summed E-state index contributed by atoms with van der Waals surface area (Å²) in [4.78, 5) is 41.2. The zero-order chi connectivity index (χ0) is 26.2. The molecule has 0 heterocycles. The van der Waals surface area contributed by atoms with E-state index < -0.39 is 23.8 Å². The lowest BCUT2D eigenvalue weighted by Gasteiger charge is -2.35. The van der Waals surface area contributed by atoms with Gasteiger partial charge < -0.3 is 20.3 Å². The van der Waals surface area contributed by atoms with Gasteiger partial charge in [0.15, 0.2) is 0 Å². The number of likely N-dealkylation sites (N-methyl/N-ethyl adjacent to an activating group) is 1. The van der Waals surface area contributed by atoms with Crippen molar-refractivity contribution in [3.05, 3.63) is 71.3 Å². The Morgan fingerprint density at radius 3 is 2.09 bits per heavy atom. The van der Waals surface area contributed by atoms with Gasteiger partial charge in [0.1, 0.15) is 17.7 Å². The van der Waals surface area contributed by atoms with Gasteiger partial charge in [0.05, 0.1) is 0 Å². The van der Waals surface area contributed by atoms with E-state index in [2.05, 4.69) is 10.6 Å². The fourth-order valence-electron chi connectivity index (χ4n) is 3.70. The molecule has 35 heavy (non-hydrogen) atoms. The van der Waals surface area contributed by atoms with Gasteiger partial charge in [-0.25, -0.2) is 4.79 Å². The highest BCUT2D eigenvalue weighted by Gasteiger charge is 2.36. The number of ether oxygens (including phenoxy) is 1. The lowest BCUT2D eigenvalue weighted by molar-refractivity contribution is -0.143. The monoisotopic (exact) mass is 481 g/mol. The molecule has 0 saturated heterocycles. The first-order valence-corrected chi connectivity index (χ1v) is 12.1. The highest BCUT2D eigenvalue weighted by molar-refractivity contribution is 5.92. The molecule has 0 saturated carbocycles. The van der Waals surface area contributed by atoms with Gasteiger partial charge in [0.2, 0.25) is 11.8 Å². The number of benzene rings is 2. The molecule has 3 amide bonds. The maximum absolute atomic E-state index is 13.8. The Morgan fingerprint density at radius 1 is 0.971 bits per heavy atom. The number of nitrogens with zero attached hydrogens (tertiary/aromatic N) is 1. The Kier molecular flexibility index (Phi) is 9.87. The Morgan fingerprint density at radius 2 is 1.57 bits per heavy atom. The van der Waals surface area contributed by atoms with Crippen LogP contribution in [0.2, 0.25) is 0 Å². The minimum atomic E-state index is -0.849. The molecule has 0 aliphatic rings. The van der Waals surface area contributed by atoms with Crippen molar-refractivity contribution in [1.82, 2.24) is 15.5 Å². The third-order valence-electron chi connectivity index (χ3n) is 5.49. The van der Waals surface area contributed by atoms with E-state index in [0.717, 1.165) is 11.1 Å². The van der Waals surface area contributed by atoms with Gasteiger partial charge in [-0.3, -0.25) is 9.59 Å². The summed E-state index contributed by atoms with van der Waals surface area (Å²) < 4.78 is 5.38. The van der Waals surface area contributed by atoms with Gasteiger partial charge in [-0.2, -0.15) is 0 Å². The summed E-state index contributed by atoms with van der Waals surface area (Å²) in [5, 5.41) is 5.69. The van der Waals surface area contributed by atoms with Gasteiger partial charge >= 0.3 is 6.09 Å². The first kappa shape index (κ1) is 27.9. The van der Waals surface area contributed by atoms with Crippen LogP contribution in [0, 0.1) is 12.8 Å². The smallest absolute Gasteiger partial charge is 0.408 e. The molecule has 7 heteroatoms. The number of alkyl carbamates (subject to hydrolysis) is 1. The Balaban J connectivity index is 2.34. The highest BCUT2D eigenvalue weighted by atomic mass is 16.6. The van der Waals surface area contributed by atoms with Crippen LogP contribution in [0.15, 0.2) is 54.6 Å². The number of rotatable bonds is 9. The molecule has 0 aliphatic heterocycles. The summed E-state index contributed by atoms with van der Waals surface area (Å²) in [5.74, 6) is -0.836. The standard InChI is InChI=1S/C28H39N3O4/c1-8-31(26(33)23(19(2)3)30-27(34)35-28(5,6)7)24(22-16-14-20(4)15-17-22)25(32)29-18-21-12-10-9-11-13-21/h9-17,19,23-24H,8,18H2,1-7H3,(H,29,32)(H,30,34). The van der Waals surface area contributed by atoms with Crippen LogP contribution in [0.4, 0.5) is 4.79 Å². The Bertz CT molecular complexity index is 982. The van der Waals surface area contributed by atoms with Gasteiger partial charge in [0, 0.05) is 13.1 Å². The fraction of sp³-hybridized carbons (Fsp3) is 0.464. The first-order chi connectivity index (χ1) is 16.4. The van der Waals surface area contributed by atoms with Crippen LogP contribution in [0.5, 0.6) is 0 Å². The summed E-state index contributed by atoms with van der Waals surface area (Å²) in [6.45, 7) is 13.4. The van der Waals surface area contributed by atoms with Crippen LogP contribution in [0.25, 0.3) is 0 Å². The molecule has 2 N–H and O–H groups in total. The average Bonchev–Trinajstić information content (AvgIpc) is 2.79. The molecule has 2 rings (SSSR count). The number of carbonyl (C=O) groups is 3. The molecule has 2 unspecified atom stereocenters. The second kappa shape index (κ2) is 12.4. The van der Waals surface area contributed by atoms with Crippen molar-refractivity contribution in [1.29, 1.82) is 0 Å². The van der Waals surface area contributed by atoms with Gasteiger partial charge in [-0.05, 0) is 51.7 Å². The summed E-state index contributed by atoms with van der Waals surface area (Å²) in [6.07, 6.45) is -0.666. The Hall–Kier alpha value is -3.35. The van der Waals surface area contributed by atoms with E-state index in [1.54, 1.807) is 20.8 Å². The van der Waals surface area contributed by atoms with Crippen molar-refractivity contribution >= 4 is 17.9 Å². The van der Waals surface area contributed by atoms with E-state index in [0.29, 0.717) is 12.1 Å². The lowest BCUT2D eigenvalue weighted by atomic mass is 9.98. The van der Waals surface area contributed by atoms with E-state index in [1.165, 1.54) is 4.90 Å². The maximum atomic E-state index is 13.8. The zero-order valence-electron chi connectivity index (χ0n) is 21.9. The van der Waals surface area contributed by atoms with Gasteiger partial charge in [0.25, 0.3) is 0 Å². The van der Waals surface area contributed by atoms with Crippen LogP contribution >= 0.6 is 0 Å². The molecule has 190 valence electrons. The second-order valence-electron chi connectivity index (χ2n) is 10.0. The van der Waals surface area contributed by atoms with Crippen LogP contribution in [-0.4, -0.2) is 41.0 Å². The van der Waals surface area contributed by atoms with Crippen molar-refractivity contribution in [2.24, 2.45) is 5.92 Å². The number of carbonyl (C=O) groups excluding carboxylic acids is 3. The molecule has 0 bridgehead atoms. The summed E-state index contributed by atoms with van der Waals surface area (Å²) in [6, 6.07) is 15.5. The first-order valence-electron chi connectivity index (χ1n) is 12.1. The van der Waals surface area contributed by atoms with Crippen LogP contribution < -0.4 is 10.6 Å². The molecule has 0 spiro atoms. The predicted octanol–water partition coefficient (Wildman–Crippen LogP) is 4.75. The third kappa shape index (κ3) is 8.42. The summed E-state index contributed by atoms with van der Waals surface area (Å²) >= 11 is 0. The zero-order valence-corrected chi connectivity index (χ0v) is 21.9. The topological polar surface area (TPSA) is 87.7 Å². The summed E-state index contributed by atoms with van der Waals surface area (Å²) in [7, 11) is 0. The molecule has 2 aromatic carbocycles. The van der Waals surface area contributed by atoms with E-state index in [4.69, 9.17) is 4.74 Å². The van der Waals surface area contributed by atoms with Crippen molar-refractivity contribution in [3.8, 4) is 0 Å². The molecule has 2 aromatic rings. The van der Waals surface area contributed by atoms with Crippen LogP contribution in [-0.2, 0) is 20.9 Å². The van der Waals surface area contributed by atoms with Gasteiger partial charge in [-0.1, -0.05) is 74.0 Å². The molecule has 7 nitrogen and oxygen atoms in total. The van der Waals surface area contributed by atoms with E-state index in [-0.39, 0.29) is 24.3 Å². The largest absolute Gasteiger partial charge is 0.444 e. The fourth-order valence-corrected chi connectivity index (χ4v) is 3.70. The SMILES string of the molecule is CCN(C(=O)C(NC(=O)OC(C)(C)C)C(C)C)C(C(=O)NCc1ccccc1)c1ccc(C)cc1. The van der Waals surface area contributed by atoms with E-state index >= 15 is 0 Å². The maximum Gasteiger partial charge on any atom is 0.408 e. The quantitative estimate of drug-likeness (QED) is 0.541. The number of nitrogens with one attached hydrogen (secondary N) is 2. The minimum Gasteiger partial charge on any atom is -0.444 e. The van der Waals surface area contributed by atoms with E-state index in [1.807, 2.05) is 82.3 Å². The minimum absolute atomic E-state index is 0.213. The number of aryl methyl sites for hydroxylation is 1. The van der Waals surface area contributed by atoms with Crippen molar-refractivity contribution in [2.75, 3.05) is 6.54 Å². The average molecular weight is 482 g/mol. The molecule has 0 aromatic heterocycles. The second-order valence-corrected chi connectivity index (χ2v) is 10.0. The predicted molar refractivity (Wildman–Crippen MR) is 138 cm³/mol.